The van der Waals surface area contributed by atoms with Gasteiger partial charge in [-0.2, -0.15) is 0 Å². The summed E-state index contributed by atoms with van der Waals surface area (Å²) in [6.45, 7) is 0.471. The molecule has 0 unspecified atom stereocenters. The van der Waals surface area contributed by atoms with Crippen LogP contribution in [0.15, 0.2) is 36.4 Å². The summed E-state index contributed by atoms with van der Waals surface area (Å²) < 4.78 is 5.70. The smallest absolute Gasteiger partial charge is 0.330 e. The predicted molar refractivity (Wildman–Crippen MR) is 65.3 cm³/mol. The number of rotatable bonds is 4. The normalized spacial score (nSPS) is 10.4. The molecule has 1 aromatic rings. The number of alkyl halides is 1. The van der Waals surface area contributed by atoms with Crippen LogP contribution in [0.5, 0.6) is 0 Å². The number of carbonyl (C=O) groups excluding carboxylic acids is 1. The molecule has 1 aromatic carbocycles. The van der Waals surface area contributed by atoms with E-state index in [2.05, 4.69) is 22.6 Å². The fourth-order valence-corrected chi connectivity index (χ4v) is 1.14. The third-order valence-electron chi connectivity index (χ3n) is 1.53. The van der Waals surface area contributed by atoms with Crippen LogP contribution in [0.2, 0.25) is 0 Å². The zero-order valence-electron chi connectivity index (χ0n) is 7.65. The van der Waals surface area contributed by atoms with Crippen molar-refractivity contribution >= 4 is 34.6 Å². The predicted octanol–water partition coefficient (Wildman–Crippen LogP) is 2.68. The minimum atomic E-state index is -0.287. The summed E-state index contributed by atoms with van der Waals surface area (Å²) in [7, 11) is 0. The van der Waals surface area contributed by atoms with Crippen molar-refractivity contribution in [1.82, 2.24) is 0 Å². The SMILES string of the molecule is O=C(C=Cc1ccccc1)OCCI. The molecule has 0 aliphatic carbocycles. The Morgan fingerprint density at radius 3 is 2.71 bits per heavy atom. The number of halogens is 1. The third-order valence-corrected chi connectivity index (χ3v) is 1.97. The maximum atomic E-state index is 11.1. The highest BCUT2D eigenvalue weighted by Gasteiger charge is 1.94. The van der Waals surface area contributed by atoms with Gasteiger partial charge >= 0.3 is 5.97 Å². The molecule has 14 heavy (non-hydrogen) atoms. The Labute approximate surface area is 97.1 Å². The summed E-state index contributed by atoms with van der Waals surface area (Å²) in [5, 5.41) is 0. The van der Waals surface area contributed by atoms with Gasteiger partial charge in [0.1, 0.15) is 6.61 Å². The van der Waals surface area contributed by atoms with Crippen molar-refractivity contribution in [3.05, 3.63) is 42.0 Å². The van der Waals surface area contributed by atoms with Crippen LogP contribution >= 0.6 is 22.6 Å². The van der Waals surface area contributed by atoms with Crippen molar-refractivity contribution in [1.29, 1.82) is 0 Å². The molecule has 74 valence electrons. The summed E-state index contributed by atoms with van der Waals surface area (Å²) in [5.74, 6) is -0.287. The number of hydrogen-bond donors (Lipinski definition) is 0. The van der Waals surface area contributed by atoms with Gasteiger partial charge in [0.05, 0.1) is 0 Å². The summed E-state index contributed by atoms with van der Waals surface area (Å²) in [4.78, 5) is 11.1. The second-order valence-corrected chi connectivity index (χ2v) is 3.68. The molecule has 0 heterocycles. The van der Waals surface area contributed by atoms with Gasteiger partial charge in [0.25, 0.3) is 0 Å². The average Bonchev–Trinajstić information content (AvgIpc) is 2.25. The molecule has 0 amide bonds. The van der Waals surface area contributed by atoms with Crippen LogP contribution in [0.25, 0.3) is 6.08 Å². The average molecular weight is 302 g/mol. The van der Waals surface area contributed by atoms with E-state index in [9.17, 15) is 4.79 Å². The minimum absolute atomic E-state index is 0.287. The molecule has 0 fully saturated rings. The van der Waals surface area contributed by atoms with E-state index in [1.54, 1.807) is 6.08 Å². The first-order chi connectivity index (χ1) is 6.83. The molecule has 1 rings (SSSR count). The molecule has 0 radical (unpaired) electrons. The Morgan fingerprint density at radius 2 is 2.07 bits per heavy atom. The lowest BCUT2D eigenvalue weighted by molar-refractivity contribution is -0.136. The van der Waals surface area contributed by atoms with Crippen LogP contribution in [0, 0.1) is 0 Å². The second kappa shape index (κ2) is 6.59. The Morgan fingerprint density at radius 1 is 1.36 bits per heavy atom. The lowest BCUT2D eigenvalue weighted by Gasteiger charge is -1.96. The van der Waals surface area contributed by atoms with Crippen LogP contribution in [0.3, 0.4) is 0 Å². The van der Waals surface area contributed by atoms with Crippen LogP contribution in [-0.2, 0) is 9.53 Å². The van der Waals surface area contributed by atoms with Crippen molar-refractivity contribution in [3.63, 3.8) is 0 Å². The monoisotopic (exact) mass is 302 g/mol. The quantitative estimate of drug-likeness (QED) is 0.370. The zero-order chi connectivity index (χ0) is 10.2. The summed E-state index contributed by atoms with van der Waals surface area (Å²) in [5.41, 5.74) is 0.999. The van der Waals surface area contributed by atoms with Crippen LogP contribution in [0.1, 0.15) is 5.56 Å². The van der Waals surface area contributed by atoms with Gasteiger partial charge in [0.15, 0.2) is 0 Å². The number of benzene rings is 1. The first-order valence-corrected chi connectivity index (χ1v) is 5.81. The van der Waals surface area contributed by atoms with Crippen LogP contribution in [0.4, 0.5) is 0 Å². The molecule has 0 aromatic heterocycles. The van der Waals surface area contributed by atoms with E-state index < -0.39 is 0 Å². The molecule has 0 saturated carbocycles. The van der Waals surface area contributed by atoms with Gasteiger partial charge in [-0.15, -0.1) is 0 Å². The lowest BCUT2D eigenvalue weighted by atomic mass is 10.2. The van der Waals surface area contributed by atoms with Gasteiger partial charge in [-0.25, -0.2) is 4.79 Å². The Balaban J connectivity index is 2.44. The van der Waals surface area contributed by atoms with Gasteiger partial charge in [-0.3, -0.25) is 0 Å². The summed E-state index contributed by atoms with van der Waals surface area (Å²) in [6, 6.07) is 9.65. The molecular formula is C11H11IO2. The largest absolute Gasteiger partial charge is 0.462 e. The minimum Gasteiger partial charge on any atom is -0.462 e. The fourth-order valence-electron chi connectivity index (χ4n) is 0.916. The number of hydrogen-bond acceptors (Lipinski definition) is 2. The van der Waals surface area contributed by atoms with Crippen molar-refractivity contribution in [2.45, 2.75) is 0 Å². The fraction of sp³-hybridized carbons (Fsp3) is 0.182. The van der Waals surface area contributed by atoms with E-state index in [0.717, 1.165) is 9.99 Å². The maximum absolute atomic E-state index is 11.1. The van der Waals surface area contributed by atoms with Crippen molar-refractivity contribution < 1.29 is 9.53 Å². The van der Waals surface area contributed by atoms with E-state index in [0.29, 0.717) is 6.61 Å². The summed E-state index contributed by atoms with van der Waals surface area (Å²) in [6.07, 6.45) is 3.19. The van der Waals surface area contributed by atoms with Gasteiger partial charge in [0.2, 0.25) is 0 Å². The van der Waals surface area contributed by atoms with Crippen molar-refractivity contribution in [3.8, 4) is 0 Å². The van der Waals surface area contributed by atoms with E-state index in [1.807, 2.05) is 30.3 Å². The third kappa shape index (κ3) is 4.41. The highest BCUT2D eigenvalue weighted by molar-refractivity contribution is 14.1. The van der Waals surface area contributed by atoms with Crippen LogP contribution in [-0.4, -0.2) is 17.0 Å². The molecule has 0 aliphatic rings. The van der Waals surface area contributed by atoms with E-state index in [4.69, 9.17) is 4.74 Å². The second-order valence-electron chi connectivity index (χ2n) is 2.60. The Bertz CT molecular complexity index is 306. The molecule has 0 aliphatic heterocycles. The molecule has 0 bridgehead atoms. The number of ether oxygens (including phenoxy) is 1. The number of esters is 1. The van der Waals surface area contributed by atoms with Crippen molar-refractivity contribution in [2.24, 2.45) is 0 Å². The first kappa shape index (κ1) is 11.2. The first-order valence-electron chi connectivity index (χ1n) is 4.29. The van der Waals surface area contributed by atoms with E-state index >= 15 is 0 Å². The van der Waals surface area contributed by atoms with Gasteiger partial charge in [0, 0.05) is 10.5 Å². The Kier molecular flexibility index (Phi) is 5.29. The highest BCUT2D eigenvalue weighted by Crippen LogP contribution is 2.01. The molecule has 0 spiro atoms. The molecule has 2 nitrogen and oxygen atoms in total. The lowest BCUT2D eigenvalue weighted by Crippen LogP contribution is -2.02. The summed E-state index contributed by atoms with van der Waals surface area (Å²) >= 11 is 2.16. The van der Waals surface area contributed by atoms with E-state index in [-0.39, 0.29) is 5.97 Å². The highest BCUT2D eigenvalue weighted by atomic mass is 127. The van der Waals surface area contributed by atoms with E-state index in [1.165, 1.54) is 6.08 Å². The van der Waals surface area contributed by atoms with Crippen molar-refractivity contribution in [2.75, 3.05) is 11.0 Å². The molecule has 0 saturated heterocycles. The molecule has 0 N–H and O–H groups in total. The standard InChI is InChI=1S/C11H11IO2/c12-8-9-14-11(13)7-6-10-4-2-1-3-5-10/h1-7H,8-9H2. The molecule has 3 heteroatoms. The topological polar surface area (TPSA) is 26.3 Å². The van der Waals surface area contributed by atoms with Crippen LogP contribution < -0.4 is 0 Å². The zero-order valence-corrected chi connectivity index (χ0v) is 9.81. The van der Waals surface area contributed by atoms with Gasteiger partial charge in [-0.05, 0) is 11.6 Å². The maximum Gasteiger partial charge on any atom is 0.330 e. The van der Waals surface area contributed by atoms with Gasteiger partial charge < -0.3 is 4.74 Å². The van der Waals surface area contributed by atoms with Gasteiger partial charge in [-0.1, -0.05) is 52.9 Å². The number of carbonyl (C=O) groups is 1. The molecule has 0 atom stereocenters. The molecular weight excluding hydrogens is 291 g/mol. The Hall–Kier alpha value is -0.840.